The van der Waals surface area contributed by atoms with Crippen molar-refractivity contribution in [3.63, 3.8) is 0 Å². The molecule has 1 aliphatic rings. The quantitative estimate of drug-likeness (QED) is 0.772. The van der Waals surface area contributed by atoms with Gasteiger partial charge in [0.2, 0.25) is 0 Å². The Morgan fingerprint density at radius 2 is 1.86 bits per heavy atom. The fourth-order valence-corrected chi connectivity index (χ4v) is 2.65. The van der Waals surface area contributed by atoms with Crippen molar-refractivity contribution in [3.8, 4) is 0 Å². The standard InChI is InChI=1S/C15H19Cl2FN2O2/c1-10(2)9-22-15(21)20-7-5-19(6-8-20)12-4-3-11(18)13(16)14(12)17/h3-4,10H,5-9H2,1-2H3. The van der Waals surface area contributed by atoms with E-state index in [9.17, 15) is 9.18 Å². The largest absolute Gasteiger partial charge is 0.449 e. The lowest BCUT2D eigenvalue weighted by atomic mass is 10.2. The van der Waals surface area contributed by atoms with Gasteiger partial charge >= 0.3 is 6.09 Å². The van der Waals surface area contributed by atoms with Crippen molar-refractivity contribution in [2.24, 2.45) is 5.92 Å². The summed E-state index contributed by atoms with van der Waals surface area (Å²) in [6.45, 7) is 6.65. The zero-order valence-corrected chi connectivity index (χ0v) is 14.1. The van der Waals surface area contributed by atoms with Gasteiger partial charge in [0.05, 0.1) is 22.3 Å². The minimum atomic E-state index is -0.536. The number of ether oxygens (including phenoxy) is 1. The number of benzene rings is 1. The number of nitrogens with zero attached hydrogens (tertiary/aromatic N) is 2. The molecule has 1 fully saturated rings. The van der Waals surface area contributed by atoms with E-state index < -0.39 is 5.82 Å². The summed E-state index contributed by atoms with van der Waals surface area (Å²) in [6, 6.07) is 2.91. The lowest BCUT2D eigenvalue weighted by Gasteiger charge is -2.36. The molecule has 1 aliphatic heterocycles. The van der Waals surface area contributed by atoms with Gasteiger partial charge in [0.15, 0.2) is 0 Å². The number of hydrogen-bond donors (Lipinski definition) is 0. The molecule has 1 amide bonds. The maximum Gasteiger partial charge on any atom is 0.409 e. The summed E-state index contributed by atoms with van der Waals surface area (Å²) in [5.74, 6) is -0.225. The molecule has 7 heteroatoms. The number of hydrogen-bond acceptors (Lipinski definition) is 3. The van der Waals surface area contributed by atoms with E-state index in [4.69, 9.17) is 27.9 Å². The Hall–Kier alpha value is -1.20. The highest BCUT2D eigenvalue weighted by Crippen LogP contribution is 2.34. The Morgan fingerprint density at radius 3 is 2.45 bits per heavy atom. The van der Waals surface area contributed by atoms with Crippen molar-refractivity contribution in [1.29, 1.82) is 0 Å². The van der Waals surface area contributed by atoms with Gasteiger partial charge in [-0.2, -0.15) is 0 Å². The van der Waals surface area contributed by atoms with Gasteiger partial charge in [-0.3, -0.25) is 0 Å². The van der Waals surface area contributed by atoms with Crippen LogP contribution < -0.4 is 4.90 Å². The van der Waals surface area contributed by atoms with Crippen molar-refractivity contribution >= 4 is 35.0 Å². The smallest absolute Gasteiger partial charge is 0.409 e. The molecule has 4 nitrogen and oxygen atoms in total. The summed E-state index contributed by atoms with van der Waals surface area (Å²) in [4.78, 5) is 15.6. The number of carbonyl (C=O) groups excluding carboxylic acids is 1. The molecule has 0 N–H and O–H groups in total. The van der Waals surface area contributed by atoms with E-state index in [0.29, 0.717) is 44.4 Å². The van der Waals surface area contributed by atoms with Crippen LogP contribution in [0.1, 0.15) is 13.8 Å². The molecule has 0 unspecified atom stereocenters. The first-order valence-corrected chi connectivity index (χ1v) is 7.96. The normalized spacial score (nSPS) is 15.4. The number of carbonyl (C=O) groups is 1. The van der Waals surface area contributed by atoms with Crippen molar-refractivity contribution < 1.29 is 13.9 Å². The van der Waals surface area contributed by atoms with Crippen molar-refractivity contribution in [3.05, 3.63) is 28.0 Å². The highest BCUT2D eigenvalue weighted by atomic mass is 35.5. The summed E-state index contributed by atoms with van der Waals surface area (Å²) >= 11 is 11.9. The fraction of sp³-hybridized carbons (Fsp3) is 0.533. The minimum Gasteiger partial charge on any atom is -0.449 e. The fourth-order valence-electron chi connectivity index (χ4n) is 2.22. The molecule has 1 saturated heterocycles. The number of halogens is 3. The topological polar surface area (TPSA) is 32.8 Å². The zero-order chi connectivity index (χ0) is 16.3. The molecule has 0 spiro atoms. The summed E-state index contributed by atoms with van der Waals surface area (Å²) < 4.78 is 18.6. The Bertz CT molecular complexity index is 547. The van der Waals surface area contributed by atoms with Crippen LogP contribution in [0, 0.1) is 11.7 Å². The average molecular weight is 349 g/mol. The number of rotatable bonds is 3. The molecule has 0 atom stereocenters. The molecule has 0 saturated carbocycles. The van der Waals surface area contributed by atoms with Crippen LogP contribution >= 0.6 is 23.2 Å². The third-order valence-corrected chi connectivity index (χ3v) is 4.28. The van der Waals surface area contributed by atoms with Crippen molar-refractivity contribution in [2.75, 3.05) is 37.7 Å². The second-order valence-corrected chi connectivity index (χ2v) is 6.40. The van der Waals surface area contributed by atoms with Crippen molar-refractivity contribution in [1.82, 2.24) is 4.90 Å². The van der Waals surface area contributed by atoms with Gasteiger partial charge in [0, 0.05) is 26.2 Å². The molecule has 1 aromatic rings. The lowest BCUT2D eigenvalue weighted by Crippen LogP contribution is -2.49. The van der Waals surface area contributed by atoms with Crippen molar-refractivity contribution in [2.45, 2.75) is 13.8 Å². The second-order valence-electron chi connectivity index (χ2n) is 5.64. The van der Waals surface area contributed by atoms with Gasteiger partial charge in [-0.05, 0) is 18.1 Å². The van der Waals surface area contributed by atoms with Gasteiger partial charge < -0.3 is 14.5 Å². The highest BCUT2D eigenvalue weighted by molar-refractivity contribution is 6.43. The van der Waals surface area contributed by atoms with Crippen LogP contribution in [-0.4, -0.2) is 43.8 Å². The van der Waals surface area contributed by atoms with Gasteiger partial charge in [0.25, 0.3) is 0 Å². The molecule has 0 radical (unpaired) electrons. The number of amides is 1. The highest BCUT2D eigenvalue weighted by Gasteiger charge is 2.24. The van der Waals surface area contributed by atoms with Crippen LogP contribution in [0.15, 0.2) is 12.1 Å². The Morgan fingerprint density at radius 1 is 1.23 bits per heavy atom. The summed E-state index contributed by atoms with van der Waals surface area (Å²) in [5.41, 5.74) is 0.684. The van der Waals surface area contributed by atoms with Crippen LogP contribution in [0.2, 0.25) is 10.0 Å². The third-order valence-electron chi connectivity index (χ3n) is 3.43. The first-order valence-electron chi connectivity index (χ1n) is 7.20. The second kappa shape index (κ2) is 7.38. The summed E-state index contributed by atoms with van der Waals surface area (Å²) in [6.07, 6.45) is -0.295. The predicted octanol–water partition coefficient (Wildman–Crippen LogP) is 4.05. The van der Waals surface area contributed by atoms with E-state index >= 15 is 0 Å². The van der Waals surface area contributed by atoms with Crippen LogP contribution in [0.4, 0.5) is 14.9 Å². The third kappa shape index (κ3) is 3.96. The van der Waals surface area contributed by atoms with Crippen LogP contribution in [0.5, 0.6) is 0 Å². The van der Waals surface area contributed by atoms with Gasteiger partial charge in [-0.1, -0.05) is 37.0 Å². The summed E-state index contributed by atoms with van der Waals surface area (Å²) in [5, 5.41) is 0.135. The van der Waals surface area contributed by atoms with E-state index in [0.717, 1.165) is 0 Å². The predicted molar refractivity (Wildman–Crippen MR) is 86.4 cm³/mol. The average Bonchev–Trinajstić information content (AvgIpc) is 2.51. The molecule has 1 heterocycles. The first-order chi connectivity index (χ1) is 10.4. The molecule has 0 bridgehead atoms. The van der Waals surface area contributed by atoms with E-state index in [1.807, 2.05) is 18.7 Å². The lowest BCUT2D eigenvalue weighted by molar-refractivity contribution is 0.0901. The van der Waals surface area contributed by atoms with Gasteiger partial charge in [-0.15, -0.1) is 0 Å². The molecular weight excluding hydrogens is 330 g/mol. The molecule has 122 valence electrons. The van der Waals surface area contributed by atoms with E-state index in [1.54, 1.807) is 11.0 Å². The number of anilines is 1. The minimum absolute atomic E-state index is 0.0714. The Kier molecular flexibility index (Phi) is 5.75. The molecule has 0 aromatic heterocycles. The number of piperazine rings is 1. The molecule has 2 rings (SSSR count). The molecular formula is C15H19Cl2FN2O2. The van der Waals surface area contributed by atoms with Crippen LogP contribution in [0.3, 0.4) is 0 Å². The monoisotopic (exact) mass is 348 g/mol. The van der Waals surface area contributed by atoms with E-state index in [2.05, 4.69) is 0 Å². The molecule has 1 aromatic carbocycles. The van der Waals surface area contributed by atoms with Crippen LogP contribution in [0.25, 0.3) is 0 Å². The zero-order valence-electron chi connectivity index (χ0n) is 12.6. The van der Waals surface area contributed by atoms with E-state index in [1.165, 1.54) is 6.07 Å². The SMILES string of the molecule is CC(C)COC(=O)N1CCN(c2ccc(F)c(Cl)c2Cl)CC1. The maximum atomic E-state index is 13.3. The first kappa shape index (κ1) is 17.2. The Labute approximate surface area is 139 Å². The van der Waals surface area contributed by atoms with Crippen LogP contribution in [-0.2, 0) is 4.74 Å². The molecule has 22 heavy (non-hydrogen) atoms. The van der Waals surface area contributed by atoms with E-state index in [-0.39, 0.29) is 16.1 Å². The van der Waals surface area contributed by atoms with Gasteiger partial charge in [-0.25, -0.2) is 9.18 Å². The van der Waals surface area contributed by atoms with Gasteiger partial charge in [0.1, 0.15) is 5.82 Å². The Balaban J connectivity index is 1.95. The molecule has 0 aliphatic carbocycles. The maximum absolute atomic E-state index is 13.3. The summed E-state index contributed by atoms with van der Waals surface area (Å²) in [7, 11) is 0.